The molecule has 0 aliphatic heterocycles. The lowest BCUT2D eigenvalue weighted by Crippen LogP contribution is -2.35. The lowest BCUT2D eigenvalue weighted by molar-refractivity contribution is 0.439. The lowest BCUT2D eigenvalue weighted by atomic mass is 10.1. The Hall–Kier alpha value is -0.0800. The summed E-state index contributed by atoms with van der Waals surface area (Å²) in [6.07, 6.45) is 0. The molecule has 0 saturated heterocycles. The molecule has 0 bridgehead atoms. The van der Waals surface area contributed by atoms with E-state index in [0.29, 0.717) is 5.54 Å². The molecule has 0 atom stereocenters. The predicted octanol–water partition coefficient (Wildman–Crippen LogP) is 2.75. The van der Waals surface area contributed by atoms with E-state index in [1.165, 1.54) is 0 Å². The van der Waals surface area contributed by atoms with E-state index >= 15 is 0 Å². The van der Waals surface area contributed by atoms with Crippen LogP contribution in [-0.4, -0.2) is 25.7 Å². The molecule has 2 N–H and O–H groups in total. The topological polar surface area (TPSA) is 24.1 Å². The van der Waals surface area contributed by atoms with Gasteiger partial charge in [-0.1, -0.05) is 20.8 Å². The Morgan fingerprint density at radius 3 is 1.69 bits per heavy atom. The van der Waals surface area contributed by atoms with Crippen LogP contribution >= 0.6 is 0 Å². The first-order valence-electron chi connectivity index (χ1n) is 5.23. The highest BCUT2D eigenvalue weighted by molar-refractivity contribution is 4.67. The molecule has 0 amide bonds. The zero-order valence-corrected chi connectivity index (χ0v) is 10.5. The fraction of sp³-hybridized carbons (Fsp3) is 1.00. The van der Waals surface area contributed by atoms with Crippen molar-refractivity contribution < 1.29 is 2.85 Å². The van der Waals surface area contributed by atoms with Crippen LogP contribution in [0, 0.1) is 5.92 Å². The zero-order valence-electron chi connectivity index (χ0n) is 10.5. The van der Waals surface area contributed by atoms with Gasteiger partial charge < -0.3 is 10.6 Å². The maximum Gasteiger partial charge on any atom is 0.00963 e. The van der Waals surface area contributed by atoms with Crippen LogP contribution in [0.25, 0.3) is 0 Å². The Kier molecular flexibility index (Phi) is 10.1. The fourth-order valence-corrected chi connectivity index (χ4v) is 0.939. The molecule has 0 aromatic heterocycles. The van der Waals surface area contributed by atoms with Crippen molar-refractivity contribution in [2.24, 2.45) is 5.92 Å². The first kappa shape index (κ1) is 15.4. The van der Waals surface area contributed by atoms with Crippen molar-refractivity contribution in [1.82, 2.24) is 10.6 Å². The minimum atomic E-state index is 0. The number of hydrogen-bond acceptors (Lipinski definition) is 2. The molecule has 0 fully saturated rings. The highest BCUT2D eigenvalue weighted by atomic mass is 14.9. The Balaban J connectivity index is -0.0000000718. The smallest absolute Gasteiger partial charge is 0.00963 e. The first-order chi connectivity index (χ1) is 5.83. The maximum absolute atomic E-state index is 3.28. The monoisotopic (exact) mass is 192 g/mol. The van der Waals surface area contributed by atoms with Gasteiger partial charge in [-0.15, -0.1) is 0 Å². The molecule has 0 aliphatic rings. The molecule has 2 heteroatoms. The molecule has 0 spiro atoms. The van der Waals surface area contributed by atoms with E-state index in [-0.39, 0.29) is 2.85 Å². The normalized spacial score (nSPS) is 11.1. The zero-order chi connectivity index (χ0) is 10.9. The van der Waals surface area contributed by atoms with Gasteiger partial charge in [0, 0.05) is 8.39 Å². The minimum Gasteiger partial charge on any atom is -0.319 e. The average Bonchev–Trinajstić information content (AvgIpc) is 1.84. The van der Waals surface area contributed by atoms with Gasteiger partial charge in [-0.05, 0) is 46.8 Å². The molecule has 0 saturated carbocycles. The number of rotatable bonds is 3. The molecule has 0 rings (SSSR count). The van der Waals surface area contributed by atoms with Gasteiger partial charge in [-0.2, -0.15) is 0 Å². The van der Waals surface area contributed by atoms with Gasteiger partial charge in [0.25, 0.3) is 0 Å². The summed E-state index contributed by atoms with van der Waals surface area (Å²) in [5.74, 6) is 0.787. The molecule has 0 aromatic carbocycles. The van der Waals surface area contributed by atoms with E-state index in [4.69, 9.17) is 0 Å². The van der Waals surface area contributed by atoms with Crippen LogP contribution in [0.15, 0.2) is 0 Å². The summed E-state index contributed by atoms with van der Waals surface area (Å²) in [6, 6.07) is 0. The van der Waals surface area contributed by atoms with Crippen molar-refractivity contribution in [1.29, 1.82) is 0 Å². The molecule has 86 valence electrons. The van der Waals surface area contributed by atoms with E-state index in [1.54, 1.807) is 0 Å². The number of hydrogen-bond donors (Lipinski definition) is 2. The largest absolute Gasteiger partial charge is 0.319 e. The molecular weight excluding hydrogens is 160 g/mol. The summed E-state index contributed by atoms with van der Waals surface area (Å²) in [5, 5.41) is 6.35. The summed E-state index contributed by atoms with van der Waals surface area (Å²) in [7, 11) is 1.97. The quantitative estimate of drug-likeness (QED) is 0.718. The van der Waals surface area contributed by atoms with Gasteiger partial charge in [0.15, 0.2) is 0 Å². The van der Waals surface area contributed by atoms with Crippen LogP contribution in [0.1, 0.15) is 44.4 Å². The predicted molar refractivity (Wildman–Crippen MR) is 66.4 cm³/mol. The average molecular weight is 192 g/mol. The summed E-state index contributed by atoms with van der Waals surface area (Å²) in [5.41, 5.74) is 0.300. The molecule has 0 heterocycles. The second kappa shape index (κ2) is 8.52. The second-order valence-electron chi connectivity index (χ2n) is 4.73. The standard InChI is InChI=1S/C6H15N.C5H13N.2H2/c1-5-7-6(2,3)4;1-5(2)4-6-3;;/h7H,5H2,1-4H3;5-6H,4H2,1-3H3;2*1H. The van der Waals surface area contributed by atoms with Gasteiger partial charge in [0.2, 0.25) is 0 Å². The van der Waals surface area contributed by atoms with Crippen molar-refractivity contribution in [2.45, 2.75) is 47.1 Å². The molecule has 0 radical (unpaired) electrons. The van der Waals surface area contributed by atoms with E-state index in [1.807, 2.05) is 7.05 Å². The van der Waals surface area contributed by atoms with Crippen LogP contribution < -0.4 is 10.6 Å². The van der Waals surface area contributed by atoms with E-state index in [0.717, 1.165) is 19.0 Å². The summed E-state index contributed by atoms with van der Waals surface area (Å²) in [4.78, 5) is 0. The Labute approximate surface area is 87.5 Å². The van der Waals surface area contributed by atoms with Crippen LogP contribution in [0.3, 0.4) is 0 Å². The Morgan fingerprint density at radius 2 is 1.69 bits per heavy atom. The highest BCUT2D eigenvalue weighted by Gasteiger charge is 2.04. The lowest BCUT2D eigenvalue weighted by Gasteiger charge is -2.18. The molecule has 0 aliphatic carbocycles. The van der Waals surface area contributed by atoms with Gasteiger partial charge in [-0.25, -0.2) is 0 Å². The van der Waals surface area contributed by atoms with Crippen molar-refractivity contribution in [3.05, 3.63) is 0 Å². The van der Waals surface area contributed by atoms with Crippen molar-refractivity contribution in [2.75, 3.05) is 20.1 Å². The van der Waals surface area contributed by atoms with Crippen molar-refractivity contribution in [3.8, 4) is 0 Å². The van der Waals surface area contributed by atoms with Crippen molar-refractivity contribution in [3.63, 3.8) is 0 Å². The second-order valence-corrected chi connectivity index (χ2v) is 4.73. The van der Waals surface area contributed by atoms with Crippen LogP contribution in [-0.2, 0) is 0 Å². The molecule has 0 unspecified atom stereocenters. The highest BCUT2D eigenvalue weighted by Crippen LogP contribution is 1.95. The Morgan fingerprint density at radius 1 is 1.23 bits per heavy atom. The molecule has 0 aromatic rings. The minimum absolute atomic E-state index is 0. The molecule has 2 nitrogen and oxygen atoms in total. The van der Waals surface area contributed by atoms with Crippen LogP contribution in [0.2, 0.25) is 0 Å². The maximum atomic E-state index is 3.28. The van der Waals surface area contributed by atoms with E-state index in [9.17, 15) is 0 Å². The van der Waals surface area contributed by atoms with Gasteiger partial charge in [0.05, 0.1) is 0 Å². The third-order valence-electron chi connectivity index (χ3n) is 1.32. The third-order valence-corrected chi connectivity index (χ3v) is 1.32. The number of nitrogens with one attached hydrogen (secondary N) is 2. The first-order valence-corrected chi connectivity index (χ1v) is 5.23. The van der Waals surface area contributed by atoms with Gasteiger partial charge in [0.1, 0.15) is 0 Å². The SMILES string of the molecule is CCNC(C)(C)C.CNCC(C)C.[HH].[HH]. The van der Waals surface area contributed by atoms with Crippen molar-refractivity contribution >= 4 is 0 Å². The summed E-state index contributed by atoms with van der Waals surface area (Å²) >= 11 is 0. The van der Waals surface area contributed by atoms with Crippen LogP contribution in [0.4, 0.5) is 0 Å². The molecular formula is C11H32N2. The van der Waals surface area contributed by atoms with E-state index in [2.05, 4.69) is 52.2 Å². The van der Waals surface area contributed by atoms with Gasteiger partial charge in [-0.3, -0.25) is 0 Å². The summed E-state index contributed by atoms with van der Waals surface area (Å²) in [6.45, 7) is 15.2. The molecule has 13 heavy (non-hydrogen) atoms. The third kappa shape index (κ3) is 24.5. The summed E-state index contributed by atoms with van der Waals surface area (Å²) < 4.78 is 0. The van der Waals surface area contributed by atoms with Gasteiger partial charge >= 0.3 is 0 Å². The van der Waals surface area contributed by atoms with Crippen LogP contribution in [0.5, 0.6) is 0 Å². The Bertz CT molecular complexity index is 101. The van der Waals surface area contributed by atoms with E-state index < -0.39 is 0 Å². The fourth-order valence-electron chi connectivity index (χ4n) is 0.939.